The van der Waals surface area contributed by atoms with Crippen molar-refractivity contribution in [3.63, 3.8) is 0 Å². The van der Waals surface area contributed by atoms with Crippen LogP contribution in [-0.2, 0) is 4.74 Å². The van der Waals surface area contributed by atoms with Gasteiger partial charge < -0.3 is 35.0 Å². The Balaban J connectivity index is 1.59. The van der Waals surface area contributed by atoms with Crippen molar-refractivity contribution in [2.45, 2.75) is 58.3 Å². The molecule has 0 saturated carbocycles. The van der Waals surface area contributed by atoms with Crippen molar-refractivity contribution in [1.29, 1.82) is 0 Å². The molecule has 1 aliphatic rings. The number of hydrogen-bond donors (Lipinski definition) is 3. The number of likely N-dealkylation sites (N-methyl/N-ethyl adjacent to an activating group) is 1. The maximum atomic E-state index is 14.3. The third kappa shape index (κ3) is 10.0. The number of aliphatic hydroxyl groups is 1. The molecule has 0 bridgehead atoms. The summed E-state index contributed by atoms with van der Waals surface area (Å²) in [6.45, 7) is 6.28. The molecule has 3 aromatic rings. The largest absolute Gasteiger partial charge is 0.490 e. The van der Waals surface area contributed by atoms with E-state index in [9.17, 15) is 23.9 Å². The highest BCUT2D eigenvalue weighted by Crippen LogP contribution is 2.29. The monoisotopic (exact) mass is 648 g/mol. The quantitative estimate of drug-likeness (QED) is 0.288. The summed E-state index contributed by atoms with van der Waals surface area (Å²) in [5.41, 5.74) is 1.64. The first-order valence-corrected chi connectivity index (χ1v) is 16.0. The molecular formula is C36H45FN4O6. The molecule has 0 saturated heterocycles. The van der Waals surface area contributed by atoms with Crippen LogP contribution < -0.4 is 15.4 Å². The highest BCUT2D eigenvalue weighted by atomic mass is 19.1. The predicted octanol–water partition coefficient (Wildman–Crippen LogP) is 6.04. The molecule has 0 radical (unpaired) electrons. The zero-order valence-corrected chi connectivity index (χ0v) is 27.4. The second-order valence-electron chi connectivity index (χ2n) is 12.1. The van der Waals surface area contributed by atoms with Crippen molar-refractivity contribution in [3.05, 3.63) is 89.7 Å². The first-order valence-electron chi connectivity index (χ1n) is 16.0. The lowest BCUT2D eigenvalue weighted by Gasteiger charge is -2.35. The van der Waals surface area contributed by atoms with Gasteiger partial charge in [-0.1, -0.05) is 25.1 Å². The third-order valence-corrected chi connectivity index (χ3v) is 8.24. The van der Waals surface area contributed by atoms with Crippen LogP contribution in [0.2, 0.25) is 0 Å². The number of ether oxygens (including phenoxy) is 2. The molecule has 11 heteroatoms. The van der Waals surface area contributed by atoms with Crippen molar-refractivity contribution in [2.75, 3.05) is 44.0 Å². The molecule has 0 aliphatic carbocycles. The van der Waals surface area contributed by atoms with E-state index in [1.807, 2.05) is 19.9 Å². The summed E-state index contributed by atoms with van der Waals surface area (Å²) in [5.74, 6) is -0.929. The van der Waals surface area contributed by atoms with Crippen LogP contribution in [0.25, 0.3) is 0 Å². The lowest BCUT2D eigenvalue weighted by molar-refractivity contribution is -0.0115. The smallest absolute Gasteiger partial charge is 0.321 e. The number of urea groups is 1. The van der Waals surface area contributed by atoms with Gasteiger partial charge in [0.25, 0.3) is 11.8 Å². The molecule has 0 unspecified atom stereocenters. The van der Waals surface area contributed by atoms with E-state index in [2.05, 4.69) is 10.6 Å². The number of rotatable bonds is 7. The molecule has 47 heavy (non-hydrogen) atoms. The Hall–Kier alpha value is -4.48. The zero-order valence-electron chi connectivity index (χ0n) is 27.4. The molecule has 4 amide bonds. The van der Waals surface area contributed by atoms with Crippen LogP contribution in [0, 0.1) is 11.7 Å². The lowest BCUT2D eigenvalue weighted by Crippen LogP contribution is -2.48. The number of benzene rings is 3. The Bertz CT molecular complexity index is 1490. The molecular weight excluding hydrogens is 603 g/mol. The highest BCUT2D eigenvalue weighted by Gasteiger charge is 2.31. The second kappa shape index (κ2) is 16.9. The fraction of sp³-hybridized carbons (Fsp3) is 0.417. The highest BCUT2D eigenvalue weighted by molar-refractivity contribution is 6.05. The summed E-state index contributed by atoms with van der Waals surface area (Å²) in [5, 5.41) is 15.8. The number of aliphatic hydroxyl groups excluding tert-OH is 1. The molecule has 4 rings (SSSR count). The summed E-state index contributed by atoms with van der Waals surface area (Å²) >= 11 is 0. The van der Waals surface area contributed by atoms with E-state index in [1.54, 1.807) is 61.3 Å². The fourth-order valence-corrected chi connectivity index (χ4v) is 5.36. The second-order valence-corrected chi connectivity index (χ2v) is 12.1. The number of nitrogens with one attached hydrogen (secondary N) is 2. The molecule has 3 aromatic carbocycles. The SMILES string of the molecule is C[C@@H]1CCCCO[C@H](CN(C)C(=O)Nc2ccc(F)cc2)[C@@H](C)CN([C@@H](C)CO)C(=O)c2cc(NC(=O)c3ccccc3)ccc2O1. The topological polar surface area (TPSA) is 120 Å². The number of halogens is 1. The minimum absolute atomic E-state index is 0.200. The van der Waals surface area contributed by atoms with Crippen molar-refractivity contribution >= 4 is 29.2 Å². The fourth-order valence-electron chi connectivity index (χ4n) is 5.36. The minimum atomic E-state index is -0.550. The van der Waals surface area contributed by atoms with Gasteiger partial charge in [0.15, 0.2) is 0 Å². The number of fused-ring (bicyclic) bond motifs is 1. The van der Waals surface area contributed by atoms with Crippen LogP contribution in [0.5, 0.6) is 5.75 Å². The van der Waals surface area contributed by atoms with Gasteiger partial charge in [-0.25, -0.2) is 9.18 Å². The van der Waals surface area contributed by atoms with Gasteiger partial charge in [0.1, 0.15) is 11.6 Å². The van der Waals surface area contributed by atoms with Crippen LogP contribution >= 0.6 is 0 Å². The number of hydrogen-bond acceptors (Lipinski definition) is 6. The van der Waals surface area contributed by atoms with Crippen molar-refractivity contribution in [2.24, 2.45) is 5.92 Å². The third-order valence-electron chi connectivity index (χ3n) is 8.24. The van der Waals surface area contributed by atoms with Crippen LogP contribution in [-0.4, -0.2) is 84.4 Å². The molecule has 0 aromatic heterocycles. The van der Waals surface area contributed by atoms with Crippen LogP contribution in [0.15, 0.2) is 72.8 Å². The normalized spacial score (nSPS) is 19.8. The van der Waals surface area contributed by atoms with E-state index >= 15 is 0 Å². The molecule has 0 spiro atoms. The average molecular weight is 649 g/mol. The van der Waals surface area contributed by atoms with E-state index in [1.165, 1.54) is 29.2 Å². The molecule has 252 valence electrons. The summed E-state index contributed by atoms with van der Waals surface area (Å²) in [7, 11) is 1.65. The van der Waals surface area contributed by atoms with Gasteiger partial charge in [-0.2, -0.15) is 0 Å². The number of carbonyl (C=O) groups is 3. The molecule has 3 N–H and O–H groups in total. The Morgan fingerprint density at radius 3 is 2.43 bits per heavy atom. The molecule has 1 heterocycles. The van der Waals surface area contributed by atoms with Crippen molar-refractivity contribution in [3.8, 4) is 5.75 Å². The first-order chi connectivity index (χ1) is 22.5. The molecule has 10 nitrogen and oxygen atoms in total. The maximum Gasteiger partial charge on any atom is 0.321 e. The lowest BCUT2D eigenvalue weighted by atomic mass is 10.0. The van der Waals surface area contributed by atoms with Crippen molar-refractivity contribution < 1.29 is 33.4 Å². The van der Waals surface area contributed by atoms with E-state index in [-0.39, 0.29) is 55.1 Å². The number of carbonyl (C=O) groups excluding carboxylic acids is 3. The average Bonchev–Trinajstić information content (AvgIpc) is 3.07. The summed E-state index contributed by atoms with van der Waals surface area (Å²) in [6, 6.07) is 18.4. The number of anilines is 2. The van der Waals surface area contributed by atoms with Gasteiger partial charge in [-0.3, -0.25) is 9.59 Å². The van der Waals surface area contributed by atoms with Gasteiger partial charge in [0, 0.05) is 49.6 Å². The number of amides is 4. The summed E-state index contributed by atoms with van der Waals surface area (Å²) < 4.78 is 25.9. The van der Waals surface area contributed by atoms with Crippen molar-refractivity contribution in [1.82, 2.24) is 9.80 Å². The van der Waals surface area contributed by atoms with E-state index < -0.39 is 18.0 Å². The van der Waals surface area contributed by atoms with E-state index in [4.69, 9.17) is 9.47 Å². The Labute approximate surface area is 275 Å². The van der Waals surface area contributed by atoms with E-state index in [0.29, 0.717) is 29.3 Å². The van der Waals surface area contributed by atoms with Gasteiger partial charge in [-0.05, 0) is 87.7 Å². The van der Waals surface area contributed by atoms with Gasteiger partial charge >= 0.3 is 6.03 Å². The first kappa shape index (κ1) is 35.4. The van der Waals surface area contributed by atoms with Crippen LogP contribution in [0.1, 0.15) is 60.7 Å². The molecule has 1 aliphatic heterocycles. The predicted molar refractivity (Wildman–Crippen MR) is 179 cm³/mol. The maximum absolute atomic E-state index is 14.3. The van der Waals surface area contributed by atoms with Crippen LogP contribution in [0.4, 0.5) is 20.6 Å². The standard InChI is InChI=1S/C36H45FN4O6/c1-24-21-41(25(2)23-42)35(44)31-20-30(38-34(43)27-11-6-5-7-12-27)17-18-32(31)47-26(3)10-8-9-19-46-33(24)22-40(4)36(45)39-29-15-13-28(37)14-16-29/h5-7,11-18,20,24-26,33,42H,8-10,19,21-23H2,1-4H3,(H,38,43)(H,39,45)/t24-,25-,26+,33+/m0/s1. The zero-order chi connectivity index (χ0) is 33.9. The van der Waals surface area contributed by atoms with Crippen LogP contribution in [0.3, 0.4) is 0 Å². The number of nitrogens with zero attached hydrogens (tertiary/aromatic N) is 2. The molecule has 0 fully saturated rings. The summed E-state index contributed by atoms with van der Waals surface area (Å²) in [6.07, 6.45) is 1.68. The Morgan fingerprint density at radius 2 is 1.72 bits per heavy atom. The molecule has 4 atom stereocenters. The van der Waals surface area contributed by atoms with Gasteiger partial charge in [0.2, 0.25) is 0 Å². The van der Waals surface area contributed by atoms with E-state index in [0.717, 1.165) is 19.3 Å². The summed E-state index contributed by atoms with van der Waals surface area (Å²) in [4.78, 5) is 43.3. The van der Waals surface area contributed by atoms with Gasteiger partial charge in [-0.15, -0.1) is 0 Å². The minimum Gasteiger partial charge on any atom is -0.490 e. The van der Waals surface area contributed by atoms with Gasteiger partial charge in [0.05, 0.1) is 30.4 Å². The Morgan fingerprint density at radius 1 is 1.02 bits per heavy atom. The Kier molecular flexibility index (Phi) is 12.7.